The van der Waals surface area contributed by atoms with Crippen molar-refractivity contribution in [1.29, 1.82) is 0 Å². The summed E-state index contributed by atoms with van der Waals surface area (Å²) in [6.45, 7) is 2.73. The molecule has 0 unspecified atom stereocenters. The molecule has 166 valence electrons. The third-order valence-corrected chi connectivity index (χ3v) is 8.00. The van der Waals surface area contributed by atoms with Crippen molar-refractivity contribution in [2.24, 2.45) is 5.73 Å². The zero-order chi connectivity index (χ0) is 20.9. The molecule has 4 rings (SSSR count). The maximum atomic E-state index is 12.6. The quantitative estimate of drug-likeness (QED) is 0.684. The number of carbonyl (C=O) groups is 2. The number of piperidine rings is 1. The molecule has 1 aromatic rings. The summed E-state index contributed by atoms with van der Waals surface area (Å²) in [5, 5.41) is 3.63. The van der Waals surface area contributed by atoms with Crippen molar-refractivity contribution < 1.29 is 14.3 Å². The molecular weight excluding hydrogens is 398 g/mol. The van der Waals surface area contributed by atoms with Gasteiger partial charge < -0.3 is 20.7 Å². The summed E-state index contributed by atoms with van der Waals surface area (Å²) in [7, 11) is 0. The number of hydrogen-bond acceptors (Lipinski definition) is 5. The van der Waals surface area contributed by atoms with Crippen molar-refractivity contribution >= 4 is 28.2 Å². The van der Waals surface area contributed by atoms with Crippen LogP contribution in [0.3, 0.4) is 0 Å². The van der Waals surface area contributed by atoms with Gasteiger partial charge in [0, 0.05) is 30.9 Å². The molecular formula is C23H35N3O3S. The zero-order valence-electron chi connectivity index (χ0n) is 17.9. The number of carbonyl (C=O) groups excluding carboxylic acids is 2. The van der Waals surface area contributed by atoms with Crippen LogP contribution in [0.15, 0.2) is 0 Å². The summed E-state index contributed by atoms with van der Waals surface area (Å²) in [5.74, 6) is -0.457. The van der Waals surface area contributed by atoms with Gasteiger partial charge in [-0.3, -0.25) is 9.59 Å². The van der Waals surface area contributed by atoms with Gasteiger partial charge in [-0.1, -0.05) is 19.3 Å². The molecule has 30 heavy (non-hydrogen) atoms. The van der Waals surface area contributed by atoms with Crippen molar-refractivity contribution in [2.75, 3.05) is 25.0 Å². The van der Waals surface area contributed by atoms with Gasteiger partial charge in [-0.2, -0.15) is 0 Å². The first-order valence-corrected chi connectivity index (χ1v) is 12.5. The zero-order valence-corrected chi connectivity index (χ0v) is 18.7. The van der Waals surface area contributed by atoms with Crippen molar-refractivity contribution in [1.82, 2.24) is 4.90 Å². The van der Waals surface area contributed by atoms with Crippen LogP contribution in [0.2, 0.25) is 0 Å². The molecule has 0 atom stereocenters. The summed E-state index contributed by atoms with van der Waals surface area (Å²) >= 11 is 1.53. The van der Waals surface area contributed by atoms with Gasteiger partial charge in [0.1, 0.15) is 5.00 Å². The molecule has 7 heteroatoms. The lowest BCUT2D eigenvalue weighted by Crippen LogP contribution is -2.40. The lowest BCUT2D eigenvalue weighted by atomic mass is 9.95. The first-order chi connectivity index (χ1) is 14.6. The molecule has 2 fully saturated rings. The van der Waals surface area contributed by atoms with E-state index in [2.05, 4.69) is 10.2 Å². The summed E-state index contributed by atoms with van der Waals surface area (Å²) in [6.07, 6.45) is 13.9. The van der Waals surface area contributed by atoms with Crippen LogP contribution in [0.4, 0.5) is 5.00 Å². The molecule has 3 aliphatic rings. The number of fused-ring (bicyclic) bond motifs is 1. The first-order valence-electron chi connectivity index (χ1n) is 11.7. The minimum absolute atomic E-state index is 0.0309. The van der Waals surface area contributed by atoms with Crippen LogP contribution in [0.1, 0.15) is 85.0 Å². The summed E-state index contributed by atoms with van der Waals surface area (Å²) in [5.41, 5.74) is 7.24. The Bertz CT molecular complexity index is 749. The first kappa shape index (κ1) is 21.8. The van der Waals surface area contributed by atoms with E-state index in [4.69, 9.17) is 10.5 Å². The molecule has 3 N–H and O–H groups in total. The Morgan fingerprint density at radius 2 is 1.70 bits per heavy atom. The predicted molar refractivity (Wildman–Crippen MR) is 120 cm³/mol. The Hall–Kier alpha value is -1.44. The maximum Gasteiger partial charge on any atom is 0.251 e. The van der Waals surface area contributed by atoms with Crippen LogP contribution in [-0.4, -0.2) is 48.6 Å². The van der Waals surface area contributed by atoms with Crippen LogP contribution in [0, 0.1) is 0 Å². The van der Waals surface area contributed by atoms with Gasteiger partial charge >= 0.3 is 0 Å². The molecule has 2 amide bonds. The highest BCUT2D eigenvalue weighted by Crippen LogP contribution is 2.38. The van der Waals surface area contributed by atoms with E-state index in [1.54, 1.807) is 0 Å². The Kier molecular flexibility index (Phi) is 7.44. The second-order valence-corrected chi connectivity index (χ2v) is 10.1. The number of nitrogens with one attached hydrogen (secondary N) is 1. The Morgan fingerprint density at radius 1 is 1.00 bits per heavy atom. The minimum Gasteiger partial charge on any atom is -0.375 e. The number of anilines is 1. The number of ether oxygens (including phenoxy) is 1. The van der Waals surface area contributed by atoms with Gasteiger partial charge in [0.25, 0.3) is 5.91 Å². The number of nitrogens with two attached hydrogens (primary N) is 1. The molecule has 6 nitrogen and oxygen atoms in total. The number of primary amides is 1. The fourth-order valence-corrected chi connectivity index (χ4v) is 6.42. The fraction of sp³-hybridized carbons (Fsp3) is 0.739. The second-order valence-electron chi connectivity index (χ2n) is 9.01. The van der Waals surface area contributed by atoms with Gasteiger partial charge in [0.2, 0.25) is 5.91 Å². The normalized spacial score (nSPS) is 21.3. The maximum absolute atomic E-state index is 12.6. The average Bonchev–Trinajstić information content (AvgIpc) is 3.12. The highest BCUT2D eigenvalue weighted by Gasteiger charge is 2.26. The lowest BCUT2D eigenvalue weighted by molar-refractivity contribution is -0.116. The largest absolute Gasteiger partial charge is 0.375 e. The van der Waals surface area contributed by atoms with Crippen LogP contribution < -0.4 is 11.1 Å². The van der Waals surface area contributed by atoms with Crippen molar-refractivity contribution in [3.05, 3.63) is 16.0 Å². The van der Waals surface area contributed by atoms with Crippen LogP contribution in [-0.2, 0) is 22.4 Å². The van der Waals surface area contributed by atoms with Crippen LogP contribution in [0.5, 0.6) is 0 Å². The standard InChI is InChI=1S/C23H35N3O3S/c24-22(28)21-18-8-4-5-9-19(18)30-23(21)25-20(27)12-15-26-13-10-17(11-14-26)29-16-6-2-1-3-7-16/h16-17H,1-15H2,(H2,24,28)(H,25,27). The molecule has 0 bridgehead atoms. The van der Waals surface area contributed by atoms with Crippen LogP contribution >= 0.6 is 11.3 Å². The number of rotatable bonds is 7. The van der Waals surface area contributed by atoms with Gasteiger partial charge in [-0.25, -0.2) is 0 Å². The van der Waals surface area contributed by atoms with E-state index in [1.165, 1.54) is 48.3 Å². The van der Waals surface area contributed by atoms with E-state index in [0.717, 1.165) is 63.7 Å². The number of likely N-dealkylation sites (tertiary alicyclic amines) is 1. The average molecular weight is 434 g/mol. The Balaban J connectivity index is 1.22. The number of amides is 2. The third kappa shape index (κ3) is 5.42. The molecule has 0 aromatic carbocycles. The summed E-state index contributed by atoms with van der Waals surface area (Å²) in [4.78, 5) is 28.1. The van der Waals surface area contributed by atoms with E-state index >= 15 is 0 Å². The van der Waals surface area contributed by atoms with Gasteiger partial charge in [0.15, 0.2) is 0 Å². The van der Waals surface area contributed by atoms with Gasteiger partial charge in [-0.15, -0.1) is 11.3 Å². The number of thiophene rings is 1. The van der Waals surface area contributed by atoms with E-state index in [0.29, 0.717) is 29.2 Å². The SMILES string of the molecule is NC(=O)c1c(NC(=O)CCN2CCC(OC3CCCCC3)CC2)sc2c1CCCC2. The number of nitrogens with zero attached hydrogens (tertiary/aromatic N) is 1. The third-order valence-electron chi connectivity index (χ3n) is 6.80. The molecule has 1 aromatic heterocycles. The molecule has 1 saturated heterocycles. The second kappa shape index (κ2) is 10.2. The molecule has 1 aliphatic heterocycles. The number of aryl methyl sites for hydroxylation is 1. The molecule has 1 saturated carbocycles. The Morgan fingerprint density at radius 3 is 2.43 bits per heavy atom. The van der Waals surface area contributed by atoms with E-state index in [1.807, 2.05) is 0 Å². The van der Waals surface area contributed by atoms with Crippen LogP contribution in [0.25, 0.3) is 0 Å². The molecule has 0 radical (unpaired) electrons. The van der Waals surface area contributed by atoms with Crippen molar-refractivity contribution in [2.45, 2.75) is 89.3 Å². The van der Waals surface area contributed by atoms with E-state index in [-0.39, 0.29) is 5.91 Å². The molecule has 2 heterocycles. The predicted octanol–water partition coefficient (Wildman–Crippen LogP) is 3.87. The Labute approximate surface area is 183 Å². The lowest BCUT2D eigenvalue weighted by Gasteiger charge is -2.34. The summed E-state index contributed by atoms with van der Waals surface area (Å²) < 4.78 is 6.31. The van der Waals surface area contributed by atoms with Crippen molar-refractivity contribution in [3.63, 3.8) is 0 Å². The number of hydrogen-bond donors (Lipinski definition) is 2. The van der Waals surface area contributed by atoms with E-state index in [9.17, 15) is 9.59 Å². The fourth-order valence-electron chi connectivity index (χ4n) is 5.11. The molecule has 2 aliphatic carbocycles. The molecule has 0 spiro atoms. The summed E-state index contributed by atoms with van der Waals surface area (Å²) in [6, 6.07) is 0. The van der Waals surface area contributed by atoms with Gasteiger partial charge in [0.05, 0.1) is 17.8 Å². The monoisotopic (exact) mass is 433 g/mol. The highest BCUT2D eigenvalue weighted by molar-refractivity contribution is 7.17. The van der Waals surface area contributed by atoms with Gasteiger partial charge in [-0.05, 0) is 56.9 Å². The highest BCUT2D eigenvalue weighted by atomic mass is 32.1. The minimum atomic E-state index is -0.426. The van der Waals surface area contributed by atoms with E-state index < -0.39 is 5.91 Å². The van der Waals surface area contributed by atoms with Crippen molar-refractivity contribution in [3.8, 4) is 0 Å². The topological polar surface area (TPSA) is 84.7 Å². The smallest absolute Gasteiger partial charge is 0.251 e.